The number of halogens is 1. The van der Waals surface area contributed by atoms with Crippen molar-refractivity contribution < 1.29 is 13.2 Å². The highest BCUT2D eigenvalue weighted by molar-refractivity contribution is 7.89. The monoisotopic (exact) mass is 406 g/mol. The van der Waals surface area contributed by atoms with E-state index in [2.05, 4.69) is 17.4 Å². The van der Waals surface area contributed by atoms with Crippen LogP contribution in [0.1, 0.15) is 35.2 Å². The summed E-state index contributed by atoms with van der Waals surface area (Å²) in [4.78, 5) is 12.4. The average molecular weight is 407 g/mol. The van der Waals surface area contributed by atoms with E-state index in [0.717, 1.165) is 25.7 Å². The molecule has 1 N–H and O–H groups in total. The van der Waals surface area contributed by atoms with Crippen LogP contribution >= 0.6 is 11.6 Å². The number of benzene rings is 2. The summed E-state index contributed by atoms with van der Waals surface area (Å²) in [5.41, 5.74) is 1.52. The summed E-state index contributed by atoms with van der Waals surface area (Å²) in [5, 5.41) is 2.99. The number of sulfonamides is 1. The quantitative estimate of drug-likeness (QED) is 0.716. The second-order valence-corrected chi connectivity index (χ2v) is 8.92. The van der Waals surface area contributed by atoms with Crippen LogP contribution in [0.15, 0.2) is 53.4 Å². The molecule has 0 aromatic heterocycles. The SMILES string of the molecule is O=C(NCCCc1ccccc1)c1ccc(Cl)c(S(=O)(=O)N2CCCC2)c1. The Kier molecular flexibility index (Phi) is 6.52. The Morgan fingerprint density at radius 2 is 1.78 bits per heavy atom. The van der Waals surface area contributed by atoms with Gasteiger partial charge in [-0.3, -0.25) is 4.79 Å². The molecule has 0 atom stereocenters. The fraction of sp³-hybridized carbons (Fsp3) is 0.350. The molecule has 1 aliphatic heterocycles. The highest BCUT2D eigenvalue weighted by Gasteiger charge is 2.29. The number of nitrogens with one attached hydrogen (secondary N) is 1. The summed E-state index contributed by atoms with van der Waals surface area (Å²) >= 11 is 6.12. The second kappa shape index (κ2) is 8.87. The first-order valence-electron chi connectivity index (χ1n) is 9.10. The van der Waals surface area contributed by atoms with Gasteiger partial charge in [0, 0.05) is 25.2 Å². The molecule has 1 saturated heterocycles. The van der Waals surface area contributed by atoms with Gasteiger partial charge in [0.05, 0.1) is 5.02 Å². The minimum Gasteiger partial charge on any atom is -0.352 e. The van der Waals surface area contributed by atoms with Crippen LogP contribution < -0.4 is 5.32 Å². The Labute approximate surface area is 165 Å². The van der Waals surface area contributed by atoms with Crippen molar-refractivity contribution in [2.24, 2.45) is 0 Å². The van der Waals surface area contributed by atoms with Crippen molar-refractivity contribution in [3.8, 4) is 0 Å². The smallest absolute Gasteiger partial charge is 0.251 e. The molecule has 144 valence electrons. The van der Waals surface area contributed by atoms with Gasteiger partial charge in [0.2, 0.25) is 10.0 Å². The summed E-state index contributed by atoms with van der Waals surface area (Å²) in [6, 6.07) is 14.5. The second-order valence-electron chi connectivity index (χ2n) is 6.60. The lowest BCUT2D eigenvalue weighted by atomic mass is 10.1. The zero-order valence-electron chi connectivity index (χ0n) is 15.0. The van der Waals surface area contributed by atoms with Crippen LogP contribution in [0.5, 0.6) is 0 Å². The third-order valence-corrected chi connectivity index (χ3v) is 7.03. The molecule has 0 aliphatic carbocycles. The summed E-state index contributed by atoms with van der Waals surface area (Å²) < 4.78 is 26.9. The minimum atomic E-state index is -3.67. The largest absolute Gasteiger partial charge is 0.352 e. The summed E-state index contributed by atoms with van der Waals surface area (Å²) in [6.45, 7) is 1.51. The van der Waals surface area contributed by atoms with Crippen molar-refractivity contribution in [1.29, 1.82) is 0 Å². The molecule has 27 heavy (non-hydrogen) atoms. The van der Waals surface area contributed by atoms with Crippen LogP contribution in [0.25, 0.3) is 0 Å². The van der Waals surface area contributed by atoms with Crippen molar-refractivity contribution in [3.63, 3.8) is 0 Å². The number of nitrogens with zero attached hydrogens (tertiary/aromatic N) is 1. The molecule has 0 unspecified atom stereocenters. The summed E-state index contributed by atoms with van der Waals surface area (Å²) in [7, 11) is -3.67. The number of carbonyl (C=O) groups excluding carboxylic acids is 1. The van der Waals surface area contributed by atoms with Crippen molar-refractivity contribution >= 4 is 27.5 Å². The van der Waals surface area contributed by atoms with E-state index in [1.807, 2.05) is 18.2 Å². The maximum Gasteiger partial charge on any atom is 0.251 e. The third-order valence-electron chi connectivity index (χ3n) is 4.65. The number of hydrogen-bond acceptors (Lipinski definition) is 3. The van der Waals surface area contributed by atoms with Crippen molar-refractivity contribution in [2.75, 3.05) is 19.6 Å². The van der Waals surface area contributed by atoms with E-state index in [-0.39, 0.29) is 15.8 Å². The lowest BCUT2D eigenvalue weighted by Crippen LogP contribution is -2.29. The van der Waals surface area contributed by atoms with E-state index in [9.17, 15) is 13.2 Å². The first-order chi connectivity index (χ1) is 13.0. The van der Waals surface area contributed by atoms with E-state index in [0.29, 0.717) is 25.2 Å². The summed E-state index contributed by atoms with van der Waals surface area (Å²) in [6.07, 6.45) is 3.37. The zero-order valence-corrected chi connectivity index (χ0v) is 16.6. The fourth-order valence-corrected chi connectivity index (χ4v) is 5.17. The van der Waals surface area contributed by atoms with Gasteiger partial charge in [-0.1, -0.05) is 41.9 Å². The number of rotatable bonds is 7. The lowest BCUT2D eigenvalue weighted by Gasteiger charge is -2.17. The molecular formula is C20H23ClN2O3S. The molecular weight excluding hydrogens is 384 g/mol. The molecule has 1 heterocycles. The topological polar surface area (TPSA) is 66.5 Å². The van der Waals surface area contributed by atoms with E-state index >= 15 is 0 Å². The number of carbonyl (C=O) groups is 1. The highest BCUT2D eigenvalue weighted by Crippen LogP contribution is 2.28. The molecule has 0 bridgehead atoms. The van der Waals surface area contributed by atoms with Gasteiger partial charge in [-0.25, -0.2) is 8.42 Å². The number of hydrogen-bond donors (Lipinski definition) is 1. The van der Waals surface area contributed by atoms with Gasteiger partial charge in [-0.15, -0.1) is 0 Å². The van der Waals surface area contributed by atoms with Crippen LogP contribution in [0.4, 0.5) is 0 Å². The third kappa shape index (κ3) is 4.89. The van der Waals surface area contributed by atoms with Gasteiger partial charge in [0.1, 0.15) is 4.90 Å². The maximum atomic E-state index is 12.8. The maximum absolute atomic E-state index is 12.8. The van der Waals surface area contributed by atoms with E-state index < -0.39 is 10.0 Å². The Morgan fingerprint density at radius 1 is 1.07 bits per heavy atom. The highest BCUT2D eigenvalue weighted by atomic mass is 35.5. The normalized spacial score (nSPS) is 15.0. The van der Waals surface area contributed by atoms with Crippen LogP contribution in [-0.2, 0) is 16.4 Å². The minimum absolute atomic E-state index is 0.00278. The first kappa shape index (κ1) is 19.9. The summed E-state index contributed by atoms with van der Waals surface area (Å²) in [5.74, 6) is -0.294. The molecule has 0 saturated carbocycles. The standard InChI is InChI=1S/C20H23ClN2O3S/c21-18-11-10-17(15-19(18)27(25,26)23-13-4-5-14-23)20(24)22-12-6-9-16-7-2-1-3-8-16/h1-3,7-8,10-11,15H,4-6,9,12-14H2,(H,22,24). The molecule has 2 aromatic rings. The molecule has 1 aliphatic rings. The molecule has 2 aromatic carbocycles. The predicted molar refractivity (Wildman–Crippen MR) is 107 cm³/mol. The molecule has 0 spiro atoms. The van der Waals surface area contributed by atoms with Crippen molar-refractivity contribution in [2.45, 2.75) is 30.6 Å². The van der Waals surface area contributed by atoms with Gasteiger partial charge in [-0.05, 0) is 49.4 Å². The van der Waals surface area contributed by atoms with Gasteiger partial charge in [-0.2, -0.15) is 4.31 Å². The zero-order chi connectivity index (χ0) is 19.3. The average Bonchev–Trinajstić information content (AvgIpc) is 3.22. The molecule has 5 nitrogen and oxygen atoms in total. The van der Waals surface area contributed by atoms with Gasteiger partial charge < -0.3 is 5.32 Å². The van der Waals surface area contributed by atoms with E-state index in [1.165, 1.54) is 22.0 Å². The Hall–Kier alpha value is -1.89. The Balaban J connectivity index is 1.63. The van der Waals surface area contributed by atoms with Crippen LogP contribution in [0, 0.1) is 0 Å². The van der Waals surface area contributed by atoms with Gasteiger partial charge >= 0.3 is 0 Å². The van der Waals surface area contributed by atoms with Gasteiger partial charge in [0.15, 0.2) is 0 Å². The number of amides is 1. The van der Waals surface area contributed by atoms with Crippen molar-refractivity contribution in [1.82, 2.24) is 9.62 Å². The molecule has 7 heteroatoms. The van der Waals surface area contributed by atoms with Gasteiger partial charge in [0.25, 0.3) is 5.91 Å². The Bertz CT molecular complexity index is 895. The number of aryl methyl sites for hydroxylation is 1. The molecule has 3 rings (SSSR count). The fourth-order valence-electron chi connectivity index (χ4n) is 3.15. The van der Waals surface area contributed by atoms with E-state index in [4.69, 9.17) is 11.6 Å². The molecule has 0 radical (unpaired) electrons. The van der Waals surface area contributed by atoms with Crippen LogP contribution in [0.3, 0.4) is 0 Å². The lowest BCUT2D eigenvalue weighted by molar-refractivity contribution is 0.0953. The first-order valence-corrected chi connectivity index (χ1v) is 10.9. The van der Waals surface area contributed by atoms with E-state index in [1.54, 1.807) is 6.07 Å². The predicted octanol–water partition coefficient (Wildman–Crippen LogP) is 3.49. The van der Waals surface area contributed by atoms with Crippen molar-refractivity contribution in [3.05, 3.63) is 64.7 Å². The van der Waals surface area contributed by atoms with Crippen LogP contribution in [-0.4, -0.2) is 38.3 Å². The Morgan fingerprint density at radius 3 is 2.48 bits per heavy atom. The molecule has 1 amide bonds. The van der Waals surface area contributed by atoms with Crippen LogP contribution in [0.2, 0.25) is 5.02 Å². The molecule has 1 fully saturated rings.